The molecule has 2 heterocycles. The lowest BCUT2D eigenvalue weighted by atomic mass is 9.74. The lowest BCUT2D eigenvalue weighted by molar-refractivity contribution is -0.122. The van der Waals surface area contributed by atoms with Gasteiger partial charge in [0, 0.05) is 29.3 Å². The van der Waals surface area contributed by atoms with Gasteiger partial charge in [0.1, 0.15) is 5.82 Å². The highest BCUT2D eigenvalue weighted by molar-refractivity contribution is 7.99. The molecule has 45 heavy (non-hydrogen) atoms. The van der Waals surface area contributed by atoms with E-state index < -0.39 is 5.60 Å². The Labute approximate surface area is 275 Å². The Morgan fingerprint density at radius 3 is 2.22 bits per heavy atom. The van der Waals surface area contributed by atoms with Gasteiger partial charge in [-0.3, -0.25) is 4.79 Å². The summed E-state index contributed by atoms with van der Waals surface area (Å²) in [4.78, 5) is 13.2. The van der Waals surface area contributed by atoms with Crippen molar-refractivity contribution in [3.05, 3.63) is 76.5 Å². The van der Waals surface area contributed by atoms with Crippen molar-refractivity contribution in [3.8, 4) is 24.0 Å². The smallest absolute Gasteiger partial charge is 0.290 e. The SMILES string of the molecule is C#C.CC(C)(C)O.CCc1c(C)c2c(c(C)c1C1=CCC(C)(C)CC1)-c1cnc(Nc3ccccc3)cc1CN2SC.O=CO. The Morgan fingerprint density at radius 1 is 1.11 bits per heavy atom. The van der Waals surface area contributed by atoms with E-state index in [0.717, 1.165) is 37.3 Å². The molecule has 0 atom stereocenters. The summed E-state index contributed by atoms with van der Waals surface area (Å²) in [7, 11) is 0. The number of para-hydroxylation sites is 1. The zero-order valence-electron chi connectivity index (χ0n) is 28.5. The second kappa shape index (κ2) is 16.5. The molecule has 3 aromatic rings. The number of rotatable bonds is 5. The van der Waals surface area contributed by atoms with E-state index in [2.05, 4.69) is 93.8 Å². The predicted molar refractivity (Wildman–Crippen MR) is 194 cm³/mol. The third kappa shape index (κ3) is 9.88. The number of hydrogen-bond acceptors (Lipinski definition) is 6. The van der Waals surface area contributed by atoms with Gasteiger partial charge in [-0.15, -0.1) is 12.8 Å². The number of anilines is 3. The van der Waals surface area contributed by atoms with Crippen molar-refractivity contribution in [1.29, 1.82) is 0 Å². The summed E-state index contributed by atoms with van der Waals surface area (Å²) in [6.07, 6.45) is 19.4. The number of pyridine rings is 1. The standard InChI is InChI=1S/C31H37N3S.C4H10O.C2H2.CH2O2/c1-7-25-20(2)30-29(21(3)28(25)22-13-15-31(4,5)16-14-22)26-18-32-27(17-23(26)19-34(30)35-6)33-24-11-9-8-10-12-24;1-4(2,3)5;1-2;2-1-3/h8-13,17-18H,7,14-16,19H2,1-6H3,(H,32,33);5H,1-3H3;1-2H;1H,(H,2,3). The highest BCUT2D eigenvalue weighted by Crippen LogP contribution is 2.51. The number of nitrogens with zero attached hydrogens (tertiary/aromatic N) is 2. The van der Waals surface area contributed by atoms with Crippen LogP contribution in [0.25, 0.3) is 16.7 Å². The van der Waals surface area contributed by atoms with Crippen LogP contribution in [0, 0.1) is 32.1 Å². The molecule has 5 rings (SSSR count). The molecule has 0 radical (unpaired) electrons. The maximum Gasteiger partial charge on any atom is 0.290 e. The Kier molecular flexibility index (Phi) is 13.8. The molecule has 7 heteroatoms. The number of carbonyl (C=O) groups is 1. The first-order chi connectivity index (χ1) is 21.2. The molecule has 0 spiro atoms. The van der Waals surface area contributed by atoms with Crippen LogP contribution in [0.5, 0.6) is 0 Å². The summed E-state index contributed by atoms with van der Waals surface area (Å²) in [6.45, 7) is 17.6. The first-order valence-corrected chi connectivity index (χ1v) is 16.5. The Hall–Kier alpha value is -3.73. The quantitative estimate of drug-likeness (QED) is 0.147. The van der Waals surface area contributed by atoms with Gasteiger partial charge in [-0.25, -0.2) is 4.98 Å². The van der Waals surface area contributed by atoms with Gasteiger partial charge in [0.15, 0.2) is 0 Å². The predicted octanol–water partition coefficient (Wildman–Crippen LogP) is 9.59. The summed E-state index contributed by atoms with van der Waals surface area (Å²) in [5.41, 5.74) is 13.7. The zero-order chi connectivity index (χ0) is 33.9. The molecule has 2 aliphatic rings. The van der Waals surface area contributed by atoms with Crippen LogP contribution < -0.4 is 9.62 Å². The zero-order valence-corrected chi connectivity index (χ0v) is 29.3. The van der Waals surface area contributed by atoms with Crippen LogP contribution >= 0.6 is 11.9 Å². The molecule has 0 saturated carbocycles. The molecule has 6 nitrogen and oxygen atoms in total. The third-order valence-electron chi connectivity index (χ3n) is 7.83. The van der Waals surface area contributed by atoms with Gasteiger partial charge in [-0.2, -0.15) is 0 Å². The number of aromatic nitrogens is 1. The minimum atomic E-state index is -0.500. The summed E-state index contributed by atoms with van der Waals surface area (Å²) in [5, 5.41) is 18.9. The minimum absolute atomic E-state index is 0.250. The summed E-state index contributed by atoms with van der Waals surface area (Å²) in [5.74, 6) is 0.899. The maximum absolute atomic E-state index is 8.52. The van der Waals surface area contributed by atoms with Crippen molar-refractivity contribution in [2.45, 2.75) is 93.2 Å². The fourth-order valence-corrected chi connectivity index (χ4v) is 6.53. The van der Waals surface area contributed by atoms with Crippen LogP contribution in [-0.2, 0) is 17.8 Å². The van der Waals surface area contributed by atoms with Gasteiger partial charge in [0.2, 0.25) is 0 Å². The lowest BCUT2D eigenvalue weighted by Gasteiger charge is -2.37. The van der Waals surface area contributed by atoms with Gasteiger partial charge < -0.3 is 19.8 Å². The number of nitrogens with one attached hydrogen (secondary N) is 1. The monoisotopic (exact) mass is 629 g/mol. The molecular formula is C38H51N3O3S. The Morgan fingerprint density at radius 2 is 1.71 bits per heavy atom. The third-order valence-corrected chi connectivity index (χ3v) is 8.58. The highest BCUT2D eigenvalue weighted by atomic mass is 32.2. The number of carboxylic acid groups (broad SMARTS) is 1. The molecular weight excluding hydrogens is 579 g/mol. The van der Waals surface area contributed by atoms with E-state index in [4.69, 9.17) is 20.0 Å². The van der Waals surface area contributed by atoms with Crippen LogP contribution in [0.15, 0.2) is 48.7 Å². The van der Waals surface area contributed by atoms with Gasteiger partial charge in [0.25, 0.3) is 6.47 Å². The van der Waals surface area contributed by atoms with E-state index in [1.807, 2.05) is 30.1 Å². The van der Waals surface area contributed by atoms with Crippen molar-refractivity contribution in [3.63, 3.8) is 0 Å². The van der Waals surface area contributed by atoms with Crippen molar-refractivity contribution in [1.82, 2.24) is 4.98 Å². The van der Waals surface area contributed by atoms with Crippen molar-refractivity contribution in [2.24, 2.45) is 5.41 Å². The lowest BCUT2D eigenvalue weighted by Crippen LogP contribution is -2.23. The van der Waals surface area contributed by atoms with Crippen LogP contribution in [0.1, 0.15) is 88.6 Å². The number of allylic oxidation sites excluding steroid dienone is 2. The topological polar surface area (TPSA) is 85.7 Å². The van der Waals surface area contributed by atoms with E-state index in [0.29, 0.717) is 5.41 Å². The van der Waals surface area contributed by atoms with Crippen molar-refractivity contribution in [2.75, 3.05) is 15.9 Å². The fraction of sp³-hybridized carbons (Fsp3) is 0.421. The molecule has 242 valence electrons. The average molecular weight is 630 g/mol. The first-order valence-electron chi connectivity index (χ1n) is 15.4. The number of aliphatic hydroxyl groups is 1. The van der Waals surface area contributed by atoms with Crippen molar-refractivity contribution >= 4 is 41.2 Å². The van der Waals surface area contributed by atoms with Crippen LogP contribution in [0.3, 0.4) is 0 Å². The van der Waals surface area contributed by atoms with E-state index in [-0.39, 0.29) is 6.47 Å². The van der Waals surface area contributed by atoms with Gasteiger partial charge in [0.05, 0.1) is 17.8 Å². The molecule has 0 bridgehead atoms. The van der Waals surface area contributed by atoms with Crippen LogP contribution in [-0.4, -0.2) is 33.5 Å². The van der Waals surface area contributed by atoms with E-state index >= 15 is 0 Å². The molecule has 0 saturated heterocycles. The Bertz CT molecular complexity index is 1480. The summed E-state index contributed by atoms with van der Waals surface area (Å²) >= 11 is 1.82. The number of fused-ring (bicyclic) bond motifs is 3. The van der Waals surface area contributed by atoms with Crippen LogP contribution in [0.4, 0.5) is 17.2 Å². The summed E-state index contributed by atoms with van der Waals surface area (Å²) < 4.78 is 2.48. The fourth-order valence-electron chi connectivity index (χ4n) is 5.85. The number of hydrogen-bond donors (Lipinski definition) is 3. The van der Waals surface area contributed by atoms with E-state index in [1.165, 1.54) is 51.1 Å². The molecule has 1 aromatic heterocycles. The van der Waals surface area contributed by atoms with Gasteiger partial charge in [-0.1, -0.05) is 57.0 Å². The maximum atomic E-state index is 8.52. The molecule has 2 aromatic carbocycles. The van der Waals surface area contributed by atoms with Crippen molar-refractivity contribution < 1.29 is 15.0 Å². The van der Waals surface area contributed by atoms with Gasteiger partial charge >= 0.3 is 0 Å². The molecule has 3 N–H and O–H groups in total. The second-order valence-electron chi connectivity index (χ2n) is 13.0. The second-order valence-corrected chi connectivity index (χ2v) is 13.8. The first kappa shape index (κ1) is 37.5. The highest BCUT2D eigenvalue weighted by Gasteiger charge is 2.31. The van der Waals surface area contributed by atoms with Gasteiger partial charge in [-0.05, 0) is 117 Å². The number of terminal acetylenes is 1. The van der Waals surface area contributed by atoms with Crippen LogP contribution in [0.2, 0.25) is 0 Å². The summed E-state index contributed by atoms with van der Waals surface area (Å²) in [6, 6.07) is 12.5. The minimum Gasteiger partial charge on any atom is -0.483 e. The van der Waals surface area contributed by atoms with E-state index in [1.54, 1.807) is 26.3 Å². The van der Waals surface area contributed by atoms with E-state index in [9.17, 15) is 0 Å². The number of benzene rings is 2. The molecule has 1 aliphatic heterocycles. The molecule has 0 fully saturated rings. The largest absolute Gasteiger partial charge is 0.483 e. The molecule has 0 unspecified atom stereocenters. The molecule has 1 aliphatic carbocycles. The average Bonchev–Trinajstić information content (AvgIpc) is 2.99. The normalized spacial score (nSPS) is 14.4. The molecule has 0 amide bonds. The Balaban J connectivity index is 0.000000624.